The predicted octanol–water partition coefficient (Wildman–Crippen LogP) is 2.01. The summed E-state index contributed by atoms with van der Waals surface area (Å²) in [5.41, 5.74) is 5.02. The highest BCUT2D eigenvalue weighted by molar-refractivity contribution is 7.99. The Hall–Kier alpha value is -0.200. The number of nitrogens with two attached hydrogens (primary N) is 1. The molecule has 2 N–H and O–H groups in total. The van der Waals surface area contributed by atoms with Crippen LogP contribution in [0, 0.1) is 17.2 Å². The molecule has 0 aromatic rings. The van der Waals surface area contributed by atoms with E-state index in [1.54, 1.807) is 6.92 Å². The molecule has 0 aliphatic heterocycles. The Morgan fingerprint density at radius 1 is 1.58 bits per heavy atom. The van der Waals surface area contributed by atoms with E-state index in [-0.39, 0.29) is 0 Å². The lowest BCUT2D eigenvalue weighted by molar-refractivity contribution is 0.582. The number of thioether (sulfide) groups is 1. The van der Waals surface area contributed by atoms with E-state index in [0.717, 1.165) is 23.8 Å². The molecule has 0 aromatic heterocycles. The van der Waals surface area contributed by atoms with Crippen LogP contribution in [0.1, 0.15) is 27.2 Å². The molecule has 0 saturated carbocycles. The van der Waals surface area contributed by atoms with Gasteiger partial charge in [0, 0.05) is 0 Å². The van der Waals surface area contributed by atoms with Crippen LogP contribution < -0.4 is 5.73 Å². The van der Waals surface area contributed by atoms with Crippen LogP contribution in [0.3, 0.4) is 0 Å². The maximum Gasteiger partial charge on any atom is 0.102 e. The molecule has 0 aliphatic carbocycles. The van der Waals surface area contributed by atoms with E-state index < -0.39 is 5.54 Å². The first-order valence-electron chi connectivity index (χ1n) is 4.26. The molecule has 0 aliphatic rings. The summed E-state index contributed by atoms with van der Waals surface area (Å²) in [6.45, 7) is 6.17. The van der Waals surface area contributed by atoms with Crippen molar-refractivity contribution in [2.75, 3.05) is 11.5 Å². The third kappa shape index (κ3) is 6.51. The van der Waals surface area contributed by atoms with E-state index in [1.165, 1.54) is 0 Å². The van der Waals surface area contributed by atoms with Crippen LogP contribution >= 0.6 is 11.8 Å². The zero-order valence-corrected chi connectivity index (χ0v) is 8.95. The first kappa shape index (κ1) is 11.8. The van der Waals surface area contributed by atoms with Crippen LogP contribution in [0.2, 0.25) is 0 Å². The van der Waals surface area contributed by atoms with E-state index in [1.807, 2.05) is 11.8 Å². The second-order valence-electron chi connectivity index (χ2n) is 3.75. The second kappa shape index (κ2) is 5.45. The molecule has 0 bridgehead atoms. The maximum absolute atomic E-state index is 8.62. The fraction of sp³-hybridized carbons (Fsp3) is 0.889. The summed E-state index contributed by atoms with van der Waals surface area (Å²) in [4.78, 5) is 0. The van der Waals surface area contributed by atoms with Crippen molar-refractivity contribution in [3.05, 3.63) is 0 Å². The lowest BCUT2D eigenvalue weighted by Crippen LogP contribution is -2.34. The van der Waals surface area contributed by atoms with Crippen molar-refractivity contribution in [1.82, 2.24) is 0 Å². The Labute approximate surface area is 79.5 Å². The molecule has 0 aromatic carbocycles. The van der Waals surface area contributed by atoms with Gasteiger partial charge in [-0.05, 0) is 30.8 Å². The van der Waals surface area contributed by atoms with Crippen molar-refractivity contribution in [2.24, 2.45) is 11.7 Å². The molecule has 0 radical (unpaired) electrons. The van der Waals surface area contributed by atoms with E-state index in [4.69, 9.17) is 11.0 Å². The van der Waals surface area contributed by atoms with Crippen LogP contribution in [0.4, 0.5) is 0 Å². The van der Waals surface area contributed by atoms with Gasteiger partial charge in [0.1, 0.15) is 5.54 Å². The molecule has 0 rings (SSSR count). The van der Waals surface area contributed by atoms with Crippen molar-refractivity contribution < 1.29 is 0 Å². The van der Waals surface area contributed by atoms with Crippen molar-refractivity contribution in [2.45, 2.75) is 32.7 Å². The first-order valence-corrected chi connectivity index (χ1v) is 5.41. The van der Waals surface area contributed by atoms with Crippen molar-refractivity contribution in [3.8, 4) is 6.07 Å². The topological polar surface area (TPSA) is 49.8 Å². The van der Waals surface area contributed by atoms with Crippen LogP contribution in [0.25, 0.3) is 0 Å². The Balaban J connectivity index is 3.39. The monoisotopic (exact) mass is 186 g/mol. The summed E-state index contributed by atoms with van der Waals surface area (Å²) in [5, 5.41) is 8.62. The molecule has 0 saturated heterocycles. The van der Waals surface area contributed by atoms with Gasteiger partial charge >= 0.3 is 0 Å². The number of hydrogen-bond donors (Lipinski definition) is 1. The van der Waals surface area contributed by atoms with E-state index in [0.29, 0.717) is 0 Å². The van der Waals surface area contributed by atoms with E-state index in [9.17, 15) is 0 Å². The highest BCUT2D eigenvalue weighted by Gasteiger charge is 2.15. The van der Waals surface area contributed by atoms with Gasteiger partial charge in [0.15, 0.2) is 0 Å². The molecular weight excluding hydrogens is 168 g/mol. The third-order valence-electron chi connectivity index (χ3n) is 1.47. The Bertz CT molecular complexity index is 158. The summed E-state index contributed by atoms with van der Waals surface area (Å²) in [6.07, 6.45) is 0.779. The lowest BCUT2D eigenvalue weighted by atomic mass is 10.0. The quantitative estimate of drug-likeness (QED) is 0.668. The largest absolute Gasteiger partial charge is 0.314 e. The molecular formula is C9H18N2S. The standard InChI is InChI=1S/C9H18N2S/c1-8(2)6-12-5-4-9(3,11)7-10/h8H,4-6,11H2,1-3H3. The van der Waals surface area contributed by atoms with Gasteiger partial charge in [0.2, 0.25) is 0 Å². The summed E-state index contributed by atoms with van der Waals surface area (Å²) < 4.78 is 0. The van der Waals surface area contributed by atoms with Gasteiger partial charge in [-0.15, -0.1) is 0 Å². The summed E-state index contributed by atoms with van der Waals surface area (Å²) in [5.74, 6) is 2.86. The minimum Gasteiger partial charge on any atom is -0.314 e. The van der Waals surface area contributed by atoms with Crippen LogP contribution in [0.5, 0.6) is 0 Å². The predicted molar refractivity (Wildman–Crippen MR) is 55.0 cm³/mol. The Kier molecular flexibility index (Phi) is 5.36. The molecule has 1 unspecified atom stereocenters. The second-order valence-corrected chi connectivity index (χ2v) is 4.90. The zero-order chi connectivity index (χ0) is 9.61. The fourth-order valence-corrected chi connectivity index (χ4v) is 1.87. The van der Waals surface area contributed by atoms with Crippen molar-refractivity contribution in [1.29, 1.82) is 5.26 Å². The third-order valence-corrected chi connectivity index (χ3v) is 2.87. The van der Waals surface area contributed by atoms with Crippen molar-refractivity contribution in [3.63, 3.8) is 0 Å². The van der Waals surface area contributed by atoms with Gasteiger partial charge in [-0.3, -0.25) is 0 Å². The smallest absolute Gasteiger partial charge is 0.102 e. The van der Waals surface area contributed by atoms with Crippen molar-refractivity contribution >= 4 is 11.8 Å². The number of nitrogens with zero attached hydrogens (tertiary/aromatic N) is 1. The lowest BCUT2D eigenvalue weighted by Gasteiger charge is -2.14. The molecule has 0 spiro atoms. The molecule has 1 atom stereocenters. The van der Waals surface area contributed by atoms with Crippen LogP contribution in [-0.4, -0.2) is 17.0 Å². The number of rotatable bonds is 5. The summed E-state index contributed by atoms with van der Waals surface area (Å²) in [6, 6.07) is 2.09. The van der Waals surface area contributed by atoms with Gasteiger partial charge in [0.25, 0.3) is 0 Å². The SMILES string of the molecule is CC(C)CSCCC(C)(N)C#N. The first-order chi connectivity index (χ1) is 5.48. The molecule has 0 amide bonds. The highest BCUT2D eigenvalue weighted by atomic mass is 32.2. The molecule has 0 heterocycles. The van der Waals surface area contributed by atoms with Gasteiger partial charge in [-0.1, -0.05) is 13.8 Å². The normalized spacial score (nSPS) is 15.7. The average molecular weight is 186 g/mol. The van der Waals surface area contributed by atoms with Crippen LogP contribution in [-0.2, 0) is 0 Å². The summed E-state index contributed by atoms with van der Waals surface area (Å²) in [7, 11) is 0. The zero-order valence-electron chi connectivity index (χ0n) is 8.13. The van der Waals surface area contributed by atoms with E-state index >= 15 is 0 Å². The molecule has 2 nitrogen and oxygen atoms in total. The summed E-state index contributed by atoms with van der Waals surface area (Å²) >= 11 is 1.87. The minimum absolute atomic E-state index is 0.635. The fourth-order valence-electron chi connectivity index (χ4n) is 0.659. The molecule has 70 valence electrons. The Morgan fingerprint density at radius 2 is 2.17 bits per heavy atom. The molecule has 12 heavy (non-hydrogen) atoms. The van der Waals surface area contributed by atoms with Crippen LogP contribution in [0.15, 0.2) is 0 Å². The molecule has 0 fully saturated rings. The van der Waals surface area contributed by atoms with Gasteiger partial charge in [-0.2, -0.15) is 17.0 Å². The average Bonchev–Trinajstić information content (AvgIpc) is 1.98. The highest BCUT2D eigenvalue weighted by Crippen LogP contribution is 2.13. The van der Waals surface area contributed by atoms with Gasteiger partial charge in [0.05, 0.1) is 6.07 Å². The van der Waals surface area contributed by atoms with Gasteiger partial charge < -0.3 is 5.73 Å². The Morgan fingerprint density at radius 3 is 2.58 bits per heavy atom. The maximum atomic E-state index is 8.62. The number of nitriles is 1. The minimum atomic E-state index is -0.635. The van der Waals surface area contributed by atoms with E-state index in [2.05, 4.69) is 19.9 Å². The number of hydrogen-bond acceptors (Lipinski definition) is 3. The molecule has 3 heteroatoms. The van der Waals surface area contributed by atoms with Gasteiger partial charge in [-0.25, -0.2) is 0 Å².